The Morgan fingerprint density at radius 1 is 1.27 bits per heavy atom. The third-order valence-corrected chi connectivity index (χ3v) is 3.14. The van der Waals surface area contributed by atoms with Crippen LogP contribution in [-0.4, -0.2) is 16.9 Å². The van der Waals surface area contributed by atoms with E-state index in [1.54, 1.807) is 42.7 Å². The number of rotatable bonds is 5. The highest BCUT2D eigenvalue weighted by atomic mass is 35.5. The number of amides is 1. The van der Waals surface area contributed by atoms with Crippen LogP contribution in [-0.2, 0) is 20.9 Å². The fraction of sp³-hybridized carbons (Fsp3) is 0.188. The van der Waals surface area contributed by atoms with E-state index in [2.05, 4.69) is 10.3 Å². The Morgan fingerprint density at radius 2 is 2.00 bits per heavy atom. The molecule has 0 aliphatic carbocycles. The molecule has 114 valence electrons. The lowest BCUT2D eigenvalue weighted by molar-refractivity contribution is -0.154. The number of carbonyl (C=O) groups excluding carboxylic acids is 2. The number of pyridine rings is 1. The second kappa shape index (κ2) is 7.56. The Hall–Kier alpha value is -2.40. The second-order valence-electron chi connectivity index (χ2n) is 4.62. The van der Waals surface area contributed by atoms with E-state index >= 15 is 0 Å². The van der Waals surface area contributed by atoms with Crippen molar-refractivity contribution in [2.24, 2.45) is 0 Å². The first-order valence-corrected chi connectivity index (χ1v) is 7.03. The van der Waals surface area contributed by atoms with Gasteiger partial charge in [0.25, 0.3) is 5.91 Å². The Kier molecular flexibility index (Phi) is 5.49. The maximum atomic E-state index is 12.3. The Balaban J connectivity index is 2.09. The van der Waals surface area contributed by atoms with Crippen molar-refractivity contribution in [1.29, 1.82) is 0 Å². The molecule has 0 saturated carbocycles. The molecule has 1 amide bonds. The highest BCUT2D eigenvalue weighted by Gasteiger charge is 2.23. The van der Waals surface area contributed by atoms with Gasteiger partial charge in [-0.3, -0.25) is 14.6 Å². The molecule has 22 heavy (non-hydrogen) atoms. The number of hydrogen-bond acceptors (Lipinski definition) is 4. The number of carbonyl (C=O) groups is 2. The molecule has 0 fully saturated rings. The first-order valence-electron chi connectivity index (χ1n) is 6.65. The van der Waals surface area contributed by atoms with Crippen LogP contribution in [0.1, 0.15) is 24.2 Å². The van der Waals surface area contributed by atoms with E-state index in [0.717, 1.165) is 5.56 Å². The van der Waals surface area contributed by atoms with Gasteiger partial charge in [-0.2, -0.15) is 0 Å². The van der Waals surface area contributed by atoms with Gasteiger partial charge in [-0.25, -0.2) is 0 Å². The summed E-state index contributed by atoms with van der Waals surface area (Å²) in [6, 6.07) is 10.2. The third-order valence-electron chi connectivity index (χ3n) is 2.88. The van der Waals surface area contributed by atoms with Crippen LogP contribution in [0.4, 0.5) is 0 Å². The lowest BCUT2D eigenvalue weighted by Crippen LogP contribution is -2.31. The van der Waals surface area contributed by atoms with Crippen LogP contribution >= 0.6 is 11.6 Å². The number of hydrogen-bond donors (Lipinski definition) is 1. The fourth-order valence-electron chi connectivity index (χ4n) is 1.86. The quantitative estimate of drug-likeness (QED) is 0.861. The number of nitrogens with zero attached hydrogens (tertiary/aromatic N) is 1. The zero-order valence-corrected chi connectivity index (χ0v) is 12.7. The van der Waals surface area contributed by atoms with Gasteiger partial charge in [0.05, 0.1) is 0 Å². The van der Waals surface area contributed by atoms with E-state index in [4.69, 9.17) is 16.3 Å². The molecule has 1 unspecified atom stereocenters. The third kappa shape index (κ3) is 4.56. The van der Waals surface area contributed by atoms with Gasteiger partial charge in [0.15, 0.2) is 0 Å². The molecule has 1 N–H and O–H groups in total. The van der Waals surface area contributed by atoms with E-state index in [1.807, 2.05) is 6.07 Å². The normalized spacial score (nSPS) is 11.5. The first kappa shape index (κ1) is 16.0. The Morgan fingerprint density at radius 3 is 2.59 bits per heavy atom. The molecule has 0 aliphatic rings. The van der Waals surface area contributed by atoms with Gasteiger partial charge in [-0.15, -0.1) is 0 Å². The second-order valence-corrected chi connectivity index (χ2v) is 5.06. The highest BCUT2D eigenvalue weighted by molar-refractivity contribution is 6.30. The molecule has 2 rings (SSSR count). The summed E-state index contributed by atoms with van der Waals surface area (Å²) >= 11 is 5.83. The van der Waals surface area contributed by atoms with Gasteiger partial charge in [0.1, 0.15) is 0 Å². The lowest BCUT2D eigenvalue weighted by Gasteiger charge is -2.17. The van der Waals surface area contributed by atoms with Crippen molar-refractivity contribution >= 4 is 23.5 Å². The maximum Gasteiger partial charge on any atom is 0.303 e. The summed E-state index contributed by atoms with van der Waals surface area (Å²) in [5.74, 6) is -0.933. The van der Waals surface area contributed by atoms with Crippen molar-refractivity contribution in [3.05, 3.63) is 64.9 Å². The number of halogens is 1. The average molecular weight is 319 g/mol. The molecular weight excluding hydrogens is 304 g/mol. The summed E-state index contributed by atoms with van der Waals surface area (Å²) in [5.41, 5.74) is 1.41. The van der Waals surface area contributed by atoms with Crippen LogP contribution < -0.4 is 5.32 Å². The van der Waals surface area contributed by atoms with Gasteiger partial charge in [-0.05, 0) is 23.8 Å². The zero-order valence-electron chi connectivity index (χ0n) is 12.0. The van der Waals surface area contributed by atoms with E-state index in [-0.39, 0.29) is 0 Å². The van der Waals surface area contributed by atoms with Crippen molar-refractivity contribution in [1.82, 2.24) is 10.3 Å². The summed E-state index contributed by atoms with van der Waals surface area (Å²) in [6.45, 7) is 1.56. The summed E-state index contributed by atoms with van der Waals surface area (Å²) in [4.78, 5) is 27.5. The van der Waals surface area contributed by atoms with Crippen LogP contribution in [0.5, 0.6) is 0 Å². The molecule has 0 aliphatic heterocycles. The van der Waals surface area contributed by atoms with E-state index in [1.165, 1.54) is 6.92 Å². The molecule has 0 saturated heterocycles. The minimum atomic E-state index is -1.01. The summed E-state index contributed by atoms with van der Waals surface area (Å²) < 4.78 is 5.12. The average Bonchev–Trinajstić information content (AvgIpc) is 2.52. The van der Waals surface area contributed by atoms with Crippen molar-refractivity contribution in [2.75, 3.05) is 0 Å². The van der Waals surface area contributed by atoms with Crippen molar-refractivity contribution in [3.8, 4) is 0 Å². The summed E-state index contributed by atoms with van der Waals surface area (Å²) in [7, 11) is 0. The monoisotopic (exact) mass is 318 g/mol. The van der Waals surface area contributed by atoms with Crippen LogP contribution in [0.2, 0.25) is 5.02 Å². The number of esters is 1. The van der Waals surface area contributed by atoms with Crippen molar-refractivity contribution < 1.29 is 14.3 Å². The Labute approximate surface area is 133 Å². The van der Waals surface area contributed by atoms with Gasteiger partial charge in [-0.1, -0.05) is 29.8 Å². The molecule has 0 bridgehead atoms. The maximum absolute atomic E-state index is 12.3. The smallest absolute Gasteiger partial charge is 0.303 e. The van der Waals surface area contributed by atoms with E-state index in [0.29, 0.717) is 17.1 Å². The minimum Gasteiger partial charge on any atom is -0.447 e. The van der Waals surface area contributed by atoms with Gasteiger partial charge < -0.3 is 10.1 Å². The van der Waals surface area contributed by atoms with Crippen LogP contribution in [0.3, 0.4) is 0 Å². The lowest BCUT2D eigenvalue weighted by atomic mass is 10.1. The molecule has 5 nitrogen and oxygen atoms in total. The van der Waals surface area contributed by atoms with E-state index < -0.39 is 18.0 Å². The highest BCUT2D eigenvalue weighted by Crippen LogP contribution is 2.20. The molecule has 1 aromatic heterocycles. The molecule has 0 spiro atoms. The minimum absolute atomic E-state index is 0.304. The zero-order chi connectivity index (χ0) is 15.9. The number of ether oxygens (including phenoxy) is 1. The fourth-order valence-corrected chi connectivity index (χ4v) is 1.99. The van der Waals surface area contributed by atoms with Crippen LogP contribution in [0.15, 0.2) is 48.8 Å². The standard InChI is InChI=1S/C16H15ClN2O3/c1-11(20)22-15(13-4-6-14(17)7-5-13)16(21)19-10-12-3-2-8-18-9-12/h2-9,15H,10H2,1H3,(H,19,21). The van der Waals surface area contributed by atoms with Crippen LogP contribution in [0, 0.1) is 0 Å². The Bertz CT molecular complexity index is 644. The number of aromatic nitrogens is 1. The number of benzene rings is 1. The predicted octanol–water partition coefficient (Wildman–Crippen LogP) is 2.66. The molecule has 1 heterocycles. The predicted molar refractivity (Wildman–Crippen MR) is 82.0 cm³/mol. The van der Waals surface area contributed by atoms with Gasteiger partial charge in [0.2, 0.25) is 6.10 Å². The molecule has 1 aromatic carbocycles. The summed E-state index contributed by atoms with van der Waals surface area (Å²) in [6.07, 6.45) is 2.30. The molecular formula is C16H15ClN2O3. The first-order chi connectivity index (χ1) is 10.6. The molecule has 0 radical (unpaired) electrons. The largest absolute Gasteiger partial charge is 0.447 e. The topological polar surface area (TPSA) is 68.3 Å². The molecule has 1 atom stereocenters. The SMILES string of the molecule is CC(=O)OC(C(=O)NCc1cccnc1)c1ccc(Cl)cc1. The van der Waals surface area contributed by atoms with Crippen molar-refractivity contribution in [2.45, 2.75) is 19.6 Å². The van der Waals surface area contributed by atoms with Crippen molar-refractivity contribution in [3.63, 3.8) is 0 Å². The molecule has 6 heteroatoms. The van der Waals surface area contributed by atoms with Gasteiger partial charge >= 0.3 is 5.97 Å². The number of nitrogens with one attached hydrogen (secondary N) is 1. The summed E-state index contributed by atoms with van der Waals surface area (Å²) in [5, 5.41) is 3.27. The van der Waals surface area contributed by atoms with Crippen LogP contribution in [0.25, 0.3) is 0 Å². The van der Waals surface area contributed by atoms with Gasteiger partial charge in [0, 0.05) is 36.4 Å². The van der Waals surface area contributed by atoms with E-state index in [9.17, 15) is 9.59 Å². The molecule has 2 aromatic rings.